The number of benzene rings is 1. The third kappa shape index (κ3) is 4.46. The molecule has 1 aromatic heterocycles. The van der Waals surface area contributed by atoms with Crippen molar-refractivity contribution in [2.24, 2.45) is 0 Å². The molecule has 2 heterocycles. The van der Waals surface area contributed by atoms with Gasteiger partial charge in [0, 0.05) is 5.56 Å². The smallest absolute Gasteiger partial charge is 0.387 e. The Morgan fingerprint density at radius 1 is 1.36 bits per heavy atom. The molecule has 0 radical (unpaired) electrons. The van der Waals surface area contributed by atoms with Crippen molar-refractivity contribution in [2.75, 3.05) is 13.1 Å². The lowest BCUT2D eigenvalue weighted by molar-refractivity contribution is -0.0506. The summed E-state index contributed by atoms with van der Waals surface area (Å²) in [5, 5.41) is 14.4. The Labute approximate surface area is 162 Å². The molecule has 9 heteroatoms. The van der Waals surface area contributed by atoms with Crippen LogP contribution in [0.25, 0.3) is 0 Å². The highest BCUT2D eigenvalue weighted by Gasteiger charge is 2.25. The molecule has 1 atom stereocenters. The predicted octanol–water partition coefficient (Wildman–Crippen LogP) is 2.99. The molecule has 152 valence electrons. The third-order valence-corrected chi connectivity index (χ3v) is 5.02. The SMILES string of the molecule is CCC(NC(=O)c1nnn(C2CCNCC2)c1C)c1ccccc1OC(F)F. The number of rotatable bonds is 7. The fourth-order valence-electron chi connectivity index (χ4n) is 3.55. The molecule has 1 aliphatic heterocycles. The second-order valence-corrected chi connectivity index (χ2v) is 6.80. The summed E-state index contributed by atoms with van der Waals surface area (Å²) < 4.78 is 31.8. The van der Waals surface area contributed by atoms with Crippen LogP contribution in [0.1, 0.15) is 60.0 Å². The molecule has 0 spiro atoms. The Kier molecular flexibility index (Phi) is 6.56. The number of halogens is 2. The Balaban J connectivity index is 1.77. The first-order valence-corrected chi connectivity index (χ1v) is 9.48. The molecule has 2 N–H and O–H groups in total. The van der Waals surface area contributed by atoms with E-state index in [4.69, 9.17) is 0 Å². The van der Waals surface area contributed by atoms with E-state index >= 15 is 0 Å². The highest BCUT2D eigenvalue weighted by Crippen LogP contribution is 2.29. The average molecular weight is 393 g/mol. The van der Waals surface area contributed by atoms with Gasteiger partial charge in [-0.05, 0) is 45.3 Å². The third-order valence-electron chi connectivity index (χ3n) is 5.02. The van der Waals surface area contributed by atoms with E-state index in [2.05, 4.69) is 25.7 Å². The Morgan fingerprint density at radius 3 is 2.75 bits per heavy atom. The predicted molar refractivity (Wildman–Crippen MR) is 99.5 cm³/mol. The summed E-state index contributed by atoms with van der Waals surface area (Å²) in [6.45, 7) is 2.57. The minimum Gasteiger partial charge on any atom is -0.434 e. The number of carbonyl (C=O) groups is 1. The van der Waals surface area contributed by atoms with Crippen LogP contribution in [0.3, 0.4) is 0 Å². The van der Waals surface area contributed by atoms with Crippen LogP contribution in [0.15, 0.2) is 24.3 Å². The second-order valence-electron chi connectivity index (χ2n) is 6.80. The molecule has 7 nitrogen and oxygen atoms in total. The fourth-order valence-corrected chi connectivity index (χ4v) is 3.55. The number of nitrogens with zero attached hydrogens (tertiary/aromatic N) is 3. The van der Waals surface area contributed by atoms with Gasteiger partial charge in [0.2, 0.25) is 0 Å². The standard InChI is InChI=1S/C19H25F2N5O2/c1-3-15(14-6-4-5-7-16(14)28-19(20)21)23-18(27)17-12(2)26(25-24-17)13-8-10-22-11-9-13/h4-7,13,15,19,22H,3,8-11H2,1-2H3,(H,23,27). The van der Waals surface area contributed by atoms with Gasteiger partial charge in [-0.25, -0.2) is 4.68 Å². The molecule has 1 saturated heterocycles. The number of carbonyl (C=O) groups excluding carboxylic acids is 1. The van der Waals surface area contributed by atoms with Crippen molar-refractivity contribution in [1.29, 1.82) is 0 Å². The highest BCUT2D eigenvalue weighted by molar-refractivity contribution is 5.93. The number of ether oxygens (including phenoxy) is 1. The van der Waals surface area contributed by atoms with Crippen molar-refractivity contribution in [3.8, 4) is 5.75 Å². The summed E-state index contributed by atoms with van der Waals surface area (Å²) in [6, 6.07) is 6.22. The van der Waals surface area contributed by atoms with Gasteiger partial charge in [-0.1, -0.05) is 30.3 Å². The molecular weight excluding hydrogens is 368 g/mol. The van der Waals surface area contributed by atoms with E-state index in [0.717, 1.165) is 25.9 Å². The number of hydrogen-bond donors (Lipinski definition) is 2. The first-order chi connectivity index (χ1) is 13.5. The van der Waals surface area contributed by atoms with Gasteiger partial charge in [-0.2, -0.15) is 8.78 Å². The van der Waals surface area contributed by atoms with Gasteiger partial charge >= 0.3 is 6.61 Å². The van der Waals surface area contributed by atoms with E-state index in [9.17, 15) is 13.6 Å². The molecule has 3 rings (SSSR count). The largest absolute Gasteiger partial charge is 0.434 e. The zero-order valence-corrected chi connectivity index (χ0v) is 16.0. The number of para-hydroxylation sites is 1. The topological polar surface area (TPSA) is 81.1 Å². The molecule has 0 saturated carbocycles. The maximum Gasteiger partial charge on any atom is 0.387 e. The van der Waals surface area contributed by atoms with Crippen molar-refractivity contribution >= 4 is 5.91 Å². The molecule has 1 amide bonds. The van der Waals surface area contributed by atoms with Crippen LogP contribution in [0.4, 0.5) is 8.78 Å². The summed E-state index contributed by atoms with van der Waals surface area (Å²) >= 11 is 0. The van der Waals surface area contributed by atoms with E-state index in [0.29, 0.717) is 17.7 Å². The van der Waals surface area contributed by atoms with Crippen LogP contribution in [-0.2, 0) is 0 Å². The van der Waals surface area contributed by atoms with Crippen LogP contribution in [-0.4, -0.2) is 40.6 Å². The van der Waals surface area contributed by atoms with Crippen molar-refractivity contribution in [2.45, 2.75) is 51.8 Å². The molecule has 1 aromatic carbocycles. The number of aromatic nitrogens is 3. The van der Waals surface area contributed by atoms with Crippen molar-refractivity contribution in [3.63, 3.8) is 0 Å². The maximum absolute atomic E-state index is 12.8. The molecule has 2 aromatic rings. The monoisotopic (exact) mass is 393 g/mol. The van der Waals surface area contributed by atoms with Crippen LogP contribution in [0.5, 0.6) is 5.75 Å². The lowest BCUT2D eigenvalue weighted by Gasteiger charge is -2.23. The molecular formula is C19H25F2N5O2. The van der Waals surface area contributed by atoms with Gasteiger partial charge in [0.15, 0.2) is 5.69 Å². The first-order valence-electron chi connectivity index (χ1n) is 9.48. The van der Waals surface area contributed by atoms with Gasteiger partial charge in [-0.15, -0.1) is 5.10 Å². The lowest BCUT2D eigenvalue weighted by Crippen LogP contribution is -2.31. The van der Waals surface area contributed by atoms with Crippen molar-refractivity contribution in [1.82, 2.24) is 25.6 Å². The van der Waals surface area contributed by atoms with Crippen molar-refractivity contribution in [3.05, 3.63) is 41.2 Å². The number of amides is 1. The highest BCUT2D eigenvalue weighted by atomic mass is 19.3. The lowest BCUT2D eigenvalue weighted by atomic mass is 10.0. The van der Waals surface area contributed by atoms with Gasteiger partial charge in [0.1, 0.15) is 5.75 Å². The van der Waals surface area contributed by atoms with Crippen molar-refractivity contribution < 1.29 is 18.3 Å². The number of alkyl halides is 2. The van der Waals surface area contributed by atoms with Gasteiger partial charge in [0.25, 0.3) is 5.91 Å². The summed E-state index contributed by atoms with van der Waals surface area (Å²) in [4.78, 5) is 12.8. The second kappa shape index (κ2) is 9.09. The molecule has 1 unspecified atom stereocenters. The summed E-state index contributed by atoms with van der Waals surface area (Å²) in [6.07, 6.45) is 2.37. The normalized spacial score (nSPS) is 16.2. The van der Waals surface area contributed by atoms with E-state index in [1.165, 1.54) is 6.07 Å². The molecule has 1 fully saturated rings. The van der Waals surface area contributed by atoms with E-state index in [-0.39, 0.29) is 23.4 Å². The fraction of sp³-hybridized carbons (Fsp3) is 0.526. The van der Waals surface area contributed by atoms with Gasteiger partial charge in [-0.3, -0.25) is 4.79 Å². The number of piperidine rings is 1. The summed E-state index contributed by atoms with van der Waals surface area (Å²) in [5.41, 5.74) is 1.46. The zero-order valence-electron chi connectivity index (χ0n) is 16.0. The van der Waals surface area contributed by atoms with E-state index in [1.54, 1.807) is 18.2 Å². The minimum atomic E-state index is -2.93. The quantitative estimate of drug-likeness (QED) is 0.756. The molecule has 0 bridgehead atoms. The summed E-state index contributed by atoms with van der Waals surface area (Å²) in [5.74, 6) is -0.323. The Hall–Kier alpha value is -2.55. The zero-order chi connectivity index (χ0) is 20.1. The Morgan fingerprint density at radius 2 is 2.07 bits per heavy atom. The van der Waals surface area contributed by atoms with Crippen LogP contribution in [0, 0.1) is 6.92 Å². The van der Waals surface area contributed by atoms with Gasteiger partial charge in [0.05, 0.1) is 17.8 Å². The minimum absolute atomic E-state index is 0.0553. The number of nitrogens with one attached hydrogen (secondary N) is 2. The van der Waals surface area contributed by atoms with E-state index < -0.39 is 12.7 Å². The molecule has 0 aliphatic carbocycles. The van der Waals surface area contributed by atoms with Crippen LogP contribution < -0.4 is 15.4 Å². The molecule has 1 aliphatic rings. The van der Waals surface area contributed by atoms with Crippen LogP contribution >= 0.6 is 0 Å². The van der Waals surface area contributed by atoms with Crippen LogP contribution in [0.2, 0.25) is 0 Å². The summed E-state index contributed by atoms with van der Waals surface area (Å²) in [7, 11) is 0. The van der Waals surface area contributed by atoms with Gasteiger partial charge < -0.3 is 15.4 Å². The average Bonchev–Trinajstić information content (AvgIpc) is 3.08. The maximum atomic E-state index is 12.8. The first kappa shape index (κ1) is 20.2. The Bertz CT molecular complexity index is 805. The molecule has 28 heavy (non-hydrogen) atoms. The van der Waals surface area contributed by atoms with E-state index in [1.807, 2.05) is 18.5 Å². The number of hydrogen-bond acceptors (Lipinski definition) is 5.